The van der Waals surface area contributed by atoms with Gasteiger partial charge >= 0.3 is 5.69 Å². The average Bonchev–Trinajstić information content (AvgIpc) is 2.37. The van der Waals surface area contributed by atoms with E-state index in [2.05, 4.69) is 20.9 Å². The second-order valence-electron chi connectivity index (χ2n) is 4.41. The van der Waals surface area contributed by atoms with Gasteiger partial charge in [-0.15, -0.1) is 0 Å². The molecular weight excluding hydrogens is 318 g/mol. The van der Waals surface area contributed by atoms with Crippen molar-refractivity contribution in [3.05, 3.63) is 26.9 Å². The maximum atomic E-state index is 11.1. The molecule has 19 heavy (non-hydrogen) atoms. The zero-order chi connectivity index (χ0) is 14.0. The number of aliphatic hydroxyl groups is 1. The van der Waals surface area contributed by atoms with E-state index in [1.165, 1.54) is 12.3 Å². The Morgan fingerprint density at radius 3 is 3.05 bits per heavy atom. The number of nitrogens with zero attached hydrogens (tertiary/aromatic N) is 3. The summed E-state index contributed by atoms with van der Waals surface area (Å²) in [5, 5.41) is 20.3. The number of nitro groups is 1. The number of aromatic nitrogens is 1. The number of rotatable bonds is 3. The Morgan fingerprint density at radius 2 is 2.42 bits per heavy atom. The van der Waals surface area contributed by atoms with Gasteiger partial charge in [-0.25, -0.2) is 4.98 Å². The lowest BCUT2D eigenvalue weighted by molar-refractivity contribution is -0.384. The third kappa shape index (κ3) is 3.20. The molecule has 1 aliphatic rings. The predicted molar refractivity (Wildman–Crippen MR) is 72.2 cm³/mol. The summed E-state index contributed by atoms with van der Waals surface area (Å²) >= 11 is 3.18. The SMILES string of the molecule is CC1CN(c2ncc(Br)cc2[N+](=O)[O-])CC(CO)O1. The van der Waals surface area contributed by atoms with Crippen molar-refractivity contribution in [1.29, 1.82) is 0 Å². The van der Waals surface area contributed by atoms with Gasteiger partial charge in [0.15, 0.2) is 0 Å². The fraction of sp³-hybridized carbons (Fsp3) is 0.545. The maximum absolute atomic E-state index is 11.1. The van der Waals surface area contributed by atoms with Gasteiger partial charge in [0, 0.05) is 29.8 Å². The van der Waals surface area contributed by atoms with E-state index >= 15 is 0 Å². The van der Waals surface area contributed by atoms with Crippen molar-refractivity contribution in [3.63, 3.8) is 0 Å². The van der Waals surface area contributed by atoms with Crippen molar-refractivity contribution in [2.45, 2.75) is 19.1 Å². The summed E-state index contributed by atoms with van der Waals surface area (Å²) in [5.41, 5.74) is -0.0554. The molecule has 0 radical (unpaired) electrons. The van der Waals surface area contributed by atoms with Crippen LogP contribution in [0.3, 0.4) is 0 Å². The molecule has 1 fully saturated rings. The number of anilines is 1. The fourth-order valence-electron chi connectivity index (χ4n) is 2.12. The summed E-state index contributed by atoms with van der Waals surface area (Å²) in [6.45, 7) is 2.63. The molecule has 0 aromatic carbocycles. The molecule has 0 amide bonds. The van der Waals surface area contributed by atoms with E-state index in [9.17, 15) is 15.2 Å². The van der Waals surface area contributed by atoms with Crippen LogP contribution in [0.4, 0.5) is 11.5 Å². The summed E-state index contributed by atoms with van der Waals surface area (Å²) in [6.07, 6.45) is 1.06. The maximum Gasteiger partial charge on any atom is 0.312 e. The Kier molecular flexibility index (Phi) is 4.33. The second kappa shape index (κ2) is 5.81. The van der Waals surface area contributed by atoms with Gasteiger partial charge in [-0.2, -0.15) is 0 Å². The summed E-state index contributed by atoms with van der Waals surface area (Å²) < 4.78 is 6.07. The number of ether oxygens (including phenoxy) is 1. The topological polar surface area (TPSA) is 88.7 Å². The minimum absolute atomic E-state index is 0.0554. The largest absolute Gasteiger partial charge is 0.394 e. The molecule has 0 aliphatic carbocycles. The zero-order valence-corrected chi connectivity index (χ0v) is 11.9. The third-order valence-electron chi connectivity index (χ3n) is 2.84. The Morgan fingerprint density at radius 1 is 1.68 bits per heavy atom. The normalized spacial score (nSPS) is 23.4. The minimum Gasteiger partial charge on any atom is -0.394 e. The van der Waals surface area contributed by atoms with Crippen LogP contribution >= 0.6 is 15.9 Å². The van der Waals surface area contributed by atoms with E-state index in [4.69, 9.17) is 4.74 Å². The smallest absolute Gasteiger partial charge is 0.312 e. The van der Waals surface area contributed by atoms with Crippen LogP contribution in [0.15, 0.2) is 16.7 Å². The molecular formula is C11H14BrN3O4. The molecule has 2 unspecified atom stereocenters. The van der Waals surface area contributed by atoms with Crippen LogP contribution in [0.2, 0.25) is 0 Å². The highest BCUT2D eigenvalue weighted by atomic mass is 79.9. The van der Waals surface area contributed by atoms with Gasteiger partial charge in [0.1, 0.15) is 0 Å². The van der Waals surface area contributed by atoms with Crippen LogP contribution in [0.1, 0.15) is 6.92 Å². The van der Waals surface area contributed by atoms with E-state index in [0.717, 1.165) is 0 Å². The number of pyridine rings is 1. The van der Waals surface area contributed by atoms with Crippen LogP contribution in [0.25, 0.3) is 0 Å². The van der Waals surface area contributed by atoms with Gasteiger partial charge in [-0.3, -0.25) is 10.1 Å². The molecule has 2 heterocycles. The van der Waals surface area contributed by atoms with E-state index in [1.807, 2.05) is 6.92 Å². The molecule has 2 rings (SSSR count). The summed E-state index contributed by atoms with van der Waals surface area (Å²) in [4.78, 5) is 16.5. The highest BCUT2D eigenvalue weighted by molar-refractivity contribution is 9.10. The Bertz CT molecular complexity index is 485. The van der Waals surface area contributed by atoms with E-state index in [-0.39, 0.29) is 24.5 Å². The van der Waals surface area contributed by atoms with Crippen molar-refractivity contribution in [3.8, 4) is 0 Å². The van der Waals surface area contributed by atoms with Crippen LogP contribution in [0, 0.1) is 10.1 Å². The van der Waals surface area contributed by atoms with Crippen molar-refractivity contribution >= 4 is 27.4 Å². The van der Waals surface area contributed by atoms with E-state index < -0.39 is 4.92 Å². The van der Waals surface area contributed by atoms with E-state index in [0.29, 0.717) is 23.4 Å². The van der Waals surface area contributed by atoms with Gasteiger partial charge < -0.3 is 14.7 Å². The molecule has 8 heteroatoms. The molecule has 104 valence electrons. The molecule has 2 atom stereocenters. The van der Waals surface area contributed by atoms with Gasteiger partial charge in [0.05, 0.1) is 23.7 Å². The van der Waals surface area contributed by atoms with Crippen molar-refractivity contribution in [2.75, 3.05) is 24.6 Å². The molecule has 7 nitrogen and oxygen atoms in total. The average molecular weight is 332 g/mol. The van der Waals surface area contributed by atoms with Crippen LogP contribution in [0.5, 0.6) is 0 Å². The van der Waals surface area contributed by atoms with Crippen LogP contribution < -0.4 is 4.90 Å². The first-order valence-corrected chi connectivity index (χ1v) is 6.61. The number of halogens is 1. The molecule has 0 saturated carbocycles. The first-order valence-electron chi connectivity index (χ1n) is 5.82. The second-order valence-corrected chi connectivity index (χ2v) is 5.33. The quantitative estimate of drug-likeness (QED) is 0.664. The van der Waals surface area contributed by atoms with Crippen molar-refractivity contribution < 1.29 is 14.8 Å². The van der Waals surface area contributed by atoms with Crippen LogP contribution in [-0.4, -0.2) is 46.9 Å². The molecule has 0 bridgehead atoms. The van der Waals surface area contributed by atoms with Crippen molar-refractivity contribution in [2.24, 2.45) is 0 Å². The number of morpholine rings is 1. The standard InChI is InChI=1S/C11H14BrN3O4/c1-7-4-14(5-9(6-16)19-7)11-10(15(17)18)2-8(12)3-13-11/h2-3,7,9,16H,4-6H2,1H3. The lowest BCUT2D eigenvalue weighted by Crippen LogP contribution is -2.48. The van der Waals surface area contributed by atoms with E-state index in [1.54, 1.807) is 4.90 Å². The lowest BCUT2D eigenvalue weighted by atomic mass is 10.2. The molecule has 1 aliphatic heterocycles. The van der Waals surface area contributed by atoms with Crippen molar-refractivity contribution in [1.82, 2.24) is 4.98 Å². The first-order chi connectivity index (χ1) is 9.01. The van der Waals surface area contributed by atoms with Gasteiger partial charge in [0.2, 0.25) is 5.82 Å². The summed E-state index contributed by atoms with van der Waals surface area (Å²) in [7, 11) is 0. The Balaban J connectivity index is 2.32. The van der Waals surface area contributed by atoms with Gasteiger partial charge in [-0.1, -0.05) is 0 Å². The summed E-state index contributed by atoms with van der Waals surface area (Å²) in [6, 6.07) is 1.43. The molecule has 0 spiro atoms. The fourth-order valence-corrected chi connectivity index (χ4v) is 2.44. The zero-order valence-electron chi connectivity index (χ0n) is 10.3. The minimum atomic E-state index is -0.457. The highest BCUT2D eigenvalue weighted by Gasteiger charge is 2.30. The number of aliphatic hydroxyl groups excluding tert-OH is 1. The Hall–Kier alpha value is -1.25. The Labute approximate surface area is 118 Å². The molecule has 1 aromatic rings. The lowest BCUT2D eigenvalue weighted by Gasteiger charge is -2.36. The molecule has 1 aromatic heterocycles. The number of hydrogen-bond donors (Lipinski definition) is 1. The summed E-state index contributed by atoms with van der Waals surface area (Å²) in [5.74, 6) is 0.307. The third-order valence-corrected chi connectivity index (χ3v) is 3.27. The molecule has 1 saturated heterocycles. The van der Waals surface area contributed by atoms with Gasteiger partial charge in [-0.05, 0) is 22.9 Å². The van der Waals surface area contributed by atoms with Gasteiger partial charge in [0.25, 0.3) is 0 Å². The molecule has 1 N–H and O–H groups in total. The van der Waals surface area contributed by atoms with Crippen LogP contribution in [-0.2, 0) is 4.74 Å². The predicted octanol–water partition coefficient (Wildman–Crippen LogP) is 1.34. The number of hydrogen-bond acceptors (Lipinski definition) is 6. The first kappa shape index (κ1) is 14.2. The monoisotopic (exact) mass is 331 g/mol. The highest BCUT2D eigenvalue weighted by Crippen LogP contribution is 2.30.